The molecule has 1 heterocycles. The Morgan fingerprint density at radius 1 is 1.33 bits per heavy atom. The summed E-state index contributed by atoms with van der Waals surface area (Å²) < 4.78 is 1.93. The van der Waals surface area contributed by atoms with Crippen LogP contribution in [0.25, 0.3) is 0 Å². The van der Waals surface area contributed by atoms with Crippen LogP contribution in [0.2, 0.25) is 0 Å². The van der Waals surface area contributed by atoms with Crippen molar-refractivity contribution in [3.63, 3.8) is 0 Å². The molecule has 1 aromatic rings. The third-order valence-electron chi connectivity index (χ3n) is 4.47. The average molecular weight is 250 g/mol. The monoisotopic (exact) mass is 250 g/mol. The molecule has 1 aromatic heterocycles. The molecule has 1 unspecified atom stereocenters. The summed E-state index contributed by atoms with van der Waals surface area (Å²) in [5.41, 5.74) is 1.17. The molecule has 0 radical (unpaired) electrons. The molecule has 1 fully saturated rings. The summed E-state index contributed by atoms with van der Waals surface area (Å²) in [6, 6.07) is 0. The predicted molar refractivity (Wildman–Crippen MR) is 73.4 cm³/mol. The van der Waals surface area contributed by atoms with E-state index in [2.05, 4.69) is 25.1 Å². The van der Waals surface area contributed by atoms with E-state index in [9.17, 15) is 5.11 Å². The van der Waals surface area contributed by atoms with Gasteiger partial charge in [-0.25, -0.2) is 0 Å². The van der Waals surface area contributed by atoms with Crippen molar-refractivity contribution in [2.45, 2.75) is 65.0 Å². The molecular weight excluding hydrogens is 224 g/mol. The first-order valence-electron chi connectivity index (χ1n) is 7.42. The molecule has 3 heteroatoms. The molecule has 1 saturated carbocycles. The fourth-order valence-electron chi connectivity index (χ4n) is 3.07. The quantitative estimate of drug-likeness (QED) is 0.872. The van der Waals surface area contributed by atoms with Crippen LogP contribution in [0.4, 0.5) is 0 Å². The van der Waals surface area contributed by atoms with Gasteiger partial charge in [0.15, 0.2) is 0 Å². The highest BCUT2D eigenvalue weighted by atomic mass is 16.3. The summed E-state index contributed by atoms with van der Waals surface area (Å²) in [4.78, 5) is 0. The second-order valence-corrected chi connectivity index (χ2v) is 5.66. The maximum atomic E-state index is 10.3. The van der Waals surface area contributed by atoms with Crippen molar-refractivity contribution in [3.8, 4) is 0 Å². The van der Waals surface area contributed by atoms with E-state index in [0.717, 1.165) is 18.9 Å². The molecule has 0 amide bonds. The molecule has 0 aliphatic heterocycles. The predicted octanol–water partition coefficient (Wildman–Crippen LogP) is 3.02. The van der Waals surface area contributed by atoms with E-state index in [1.165, 1.54) is 37.7 Å². The number of aryl methyl sites for hydroxylation is 1. The lowest BCUT2D eigenvalue weighted by Crippen LogP contribution is -2.27. The summed E-state index contributed by atoms with van der Waals surface area (Å²) in [5, 5.41) is 14.6. The molecular formula is C15H26N2O. The lowest BCUT2D eigenvalue weighted by molar-refractivity contribution is 0.0735. The van der Waals surface area contributed by atoms with Crippen LogP contribution in [0.1, 0.15) is 51.5 Å². The zero-order valence-corrected chi connectivity index (χ0v) is 11.7. The van der Waals surface area contributed by atoms with Crippen LogP contribution >= 0.6 is 0 Å². The molecule has 1 N–H and O–H groups in total. The van der Waals surface area contributed by atoms with Gasteiger partial charge in [-0.2, -0.15) is 5.10 Å². The zero-order chi connectivity index (χ0) is 13.0. The third kappa shape index (κ3) is 3.35. The van der Waals surface area contributed by atoms with Crippen LogP contribution in [0.15, 0.2) is 12.4 Å². The lowest BCUT2D eigenvalue weighted by atomic mass is 9.77. The van der Waals surface area contributed by atoms with Crippen molar-refractivity contribution in [1.29, 1.82) is 0 Å². The van der Waals surface area contributed by atoms with E-state index in [1.54, 1.807) is 0 Å². The average Bonchev–Trinajstić information content (AvgIpc) is 2.86. The zero-order valence-electron chi connectivity index (χ0n) is 11.7. The maximum Gasteiger partial charge on any atom is 0.0609 e. The van der Waals surface area contributed by atoms with Crippen LogP contribution in [0, 0.1) is 11.8 Å². The van der Waals surface area contributed by atoms with Gasteiger partial charge in [-0.15, -0.1) is 0 Å². The number of hydrogen-bond donors (Lipinski definition) is 1. The normalized spacial score (nSPS) is 26.2. The van der Waals surface area contributed by atoms with E-state index >= 15 is 0 Å². The molecule has 18 heavy (non-hydrogen) atoms. The molecule has 0 aromatic carbocycles. The van der Waals surface area contributed by atoms with Crippen molar-refractivity contribution in [2.75, 3.05) is 0 Å². The topological polar surface area (TPSA) is 38.1 Å². The Morgan fingerprint density at radius 2 is 2.06 bits per heavy atom. The highest BCUT2D eigenvalue weighted by Gasteiger charge is 2.25. The number of nitrogens with zero attached hydrogens (tertiary/aromatic N) is 2. The molecule has 1 aliphatic carbocycles. The highest BCUT2D eigenvalue weighted by Crippen LogP contribution is 2.33. The second kappa shape index (κ2) is 6.37. The number of hydrogen-bond acceptors (Lipinski definition) is 2. The first-order valence-corrected chi connectivity index (χ1v) is 7.42. The molecule has 0 saturated heterocycles. The van der Waals surface area contributed by atoms with Gasteiger partial charge in [0.1, 0.15) is 0 Å². The van der Waals surface area contributed by atoms with E-state index in [4.69, 9.17) is 0 Å². The van der Waals surface area contributed by atoms with Gasteiger partial charge in [-0.1, -0.05) is 26.2 Å². The number of aromatic nitrogens is 2. The van der Waals surface area contributed by atoms with Crippen molar-refractivity contribution >= 4 is 0 Å². The summed E-state index contributed by atoms with van der Waals surface area (Å²) >= 11 is 0. The Balaban J connectivity index is 1.82. The van der Waals surface area contributed by atoms with E-state index < -0.39 is 0 Å². The Hall–Kier alpha value is -0.830. The maximum absolute atomic E-state index is 10.3. The van der Waals surface area contributed by atoms with Crippen LogP contribution in [0.5, 0.6) is 0 Å². The van der Waals surface area contributed by atoms with Gasteiger partial charge in [-0.05, 0) is 37.2 Å². The van der Waals surface area contributed by atoms with Gasteiger partial charge in [-0.3, -0.25) is 4.68 Å². The van der Waals surface area contributed by atoms with E-state index in [1.807, 2.05) is 10.9 Å². The SMILES string of the molecule is CCC1CCC(C(O)Cc2cnn(CC)c2)CC1. The van der Waals surface area contributed by atoms with Gasteiger partial charge in [0.25, 0.3) is 0 Å². The largest absolute Gasteiger partial charge is 0.392 e. The van der Waals surface area contributed by atoms with Crippen LogP contribution < -0.4 is 0 Å². The summed E-state index contributed by atoms with van der Waals surface area (Å²) in [6.45, 7) is 5.26. The summed E-state index contributed by atoms with van der Waals surface area (Å²) in [6.07, 6.45) is 10.8. The first-order chi connectivity index (χ1) is 8.72. The number of aliphatic hydroxyl groups is 1. The van der Waals surface area contributed by atoms with Crippen molar-refractivity contribution in [3.05, 3.63) is 18.0 Å². The third-order valence-corrected chi connectivity index (χ3v) is 4.47. The minimum atomic E-state index is -0.183. The molecule has 3 nitrogen and oxygen atoms in total. The Morgan fingerprint density at radius 3 is 2.61 bits per heavy atom. The van der Waals surface area contributed by atoms with E-state index in [-0.39, 0.29) is 6.10 Å². The minimum absolute atomic E-state index is 0.183. The van der Waals surface area contributed by atoms with Crippen molar-refractivity contribution < 1.29 is 5.11 Å². The molecule has 2 rings (SSSR count). The van der Waals surface area contributed by atoms with Crippen LogP contribution in [0.3, 0.4) is 0 Å². The van der Waals surface area contributed by atoms with E-state index in [0.29, 0.717) is 5.92 Å². The fraction of sp³-hybridized carbons (Fsp3) is 0.800. The highest BCUT2D eigenvalue weighted by molar-refractivity contribution is 5.06. The van der Waals surface area contributed by atoms with Crippen LogP contribution in [-0.2, 0) is 13.0 Å². The van der Waals surface area contributed by atoms with Gasteiger partial charge < -0.3 is 5.11 Å². The van der Waals surface area contributed by atoms with Gasteiger partial charge in [0, 0.05) is 19.2 Å². The summed E-state index contributed by atoms with van der Waals surface area (Å²) in [7, 11) is 0. The smallest absolute Gasteiger partial charge is 0.0609 e. The molecule has 1 atom stereocenters. The van der Waals surface area contributed by atoms with Crippen molar-refractivity contribution in [1.82, 2.24) is 9.78 Å². The van der Waals surface area contributed by atoms with Crippen molar-refractivity contribution in [2.24, 2.45) is 11.8 Å². The molecule has 0 spiro atoms. The number of aliphatic hydroxyl groups excluding tert-OH is 1. The molecule has 1 aliphatic rings. The Kier molecular flexibility index (Phi) is 4.81. The lowest BCUT2D eigenvalue weighted by Gasteiger charge is -2.30. The Bertz CT molecular complexity index is 353. The summed E-state index contributed by atoms with van der Waals surface area (Å²) in [5.74, 6) is 1.40. The minimum Gasteiger partial charge on any atom is -0.392 e. The molecule has 0 bridgehead atoms. The van der Waals surface area contributed by atoms with Gasteiger partial charge in [0.05, 0.1) is 12.3 Å². The fourth-order valence-corrected chi connectivity index (χ4v) is 3.07. The standard InChI is InChI=1S/C15H26N2O/c1-3-12-5-7-14(8-6-12)15(18)9-13-10-16-17(4-2)11-13/h10-12,14-15,18H,3-9H2,1-2H3. The first kappa shape index (κ1) is 13.6. The second-order valence-electron chi connectivity index (χ2n) is 5.66. The Labute approximate surface area is 110 Å². The van der Waals surface area contributed by atoms with Crippen LogP contribution in [-0.4, -0.2) is 21.0 Å². The van der Waals surface area contributed by atoms with Gasteiger partial charge in [0.2, 0.25) is 0 Å². The molecule has 102 valence electrons. The van der Waals surface area contributed by atoms with Gasteiger partial charge >= 0.3 is 0 Å². The number of rotatable bonds is 5.